The smallest absolute Gasteiger partial charge is 0.275 e. The van der Waals surface area contributed by atoms with E-state index in [1.165, 1.54) is 6.26 Å². The molecule has 1 atom stereocenters. The third-order valence-electron chi connectivity index (χ3n) is 5.48. The van der Waals surface area contributed by atoms with Crippen LogP contribution in [0.5, 0.6) is 0 Å². The first-order valence-electron chi connectivity index (χ1n) is 11.0. The summed E-state index contributed by atoms with van der Waals surface area (Å²) in [7, 11) is 0. The molecule has 0 radical (unpaired) electrons. The molecule has 30 heavy (non-hydrogen) atoms. The van der Waals surface area contributed by atoms with Gasteiger partial charge in [-0.15, -0.1) is 0 Å². The number of hydrogen-bond acceptors (Lipinski definition) is 6. The lowest BCUT2D eigenvalue weighted by atomic mass is 10.1. The SMILES string of the molecule is CCCN(CCC)C(=O)c1coc(CN2CCN(CC(O)c3ccccc3)CC2)n1. The number of aliphatic hydroxyl groups is 1. The molecule has 0 aliphatic carbocycles. The molecule has 1 saturated heterocycles. The second-order valence-electron chi connectivity index (χ2n) is 7.92. The Balaban J connectivity index is 1.47. The second kappa shape index (κ2) is 11.2. The van der Waals surface area contributed by atoms with Gasteiger partial charge < -0.3 is 14.4 Å². The number of oxazole rings is 1. The Morgan fingerprint density at radius 3 is 2.37 bits per heavy atom. The van der Waals surface area contributed by atoms with E-state index in [1.807, 2.05) is 35.2 Å². The minimum absolute atomic E-state index is 0.0478. The van der Waals surface area contributed by atoms with Crippen LogP contribution in [0.15, 0.2) is 41.0 Å². The van der Waals surface area contributed by atoms with Crippen LogP contribution < -0.4 is 0 Å². The molecule has 1 N–H and O–H groups in total. The fourth-order valence-corrected chi connectivity index (χ4v) is 3.84. The molecule has 0 saturated carbocycles. The average molecular weight is 415 g/mol. The number of aliphatic hydroxyl groups excluding tert-OH is 1. The minimum Gasteiger partial charge on any atom is -0.447 e. The second-order valence-corrected chi connectivity index (χ2v) is 7.92. The number of aromatic nitrogens is 1. The minimum atomic E-state index is -0.466. The molecule has 0 bridgehead atoms. The van der Waals surface area contributed by atoms with E-state index in [2.05, 4.69) is 28.6 Å². The van der Waals surface area contributed by atoms with Gasteiger partial charge in [0.15, 0.2) is 5.69 Å². The highest BCUT2D eigenvalue weighted by molar-refractivity contribution is 5.91. The monoisotopic (exact) mass is 414 g/mol. The summed E-state index contributed by atoms with van der Waals surface area (Å²) in [6.45, 7) is 10.4. The van der Waals surface area contributed by atoms with Crippen LogP contribution in [0.4, 0.5) is 0 Å². The molecule has 1 aliphatic heterocycles. The van der Waals surface area contributed by atoms with E-state index >= 15 is 0 Å². The van der Waals surface area contributed by atoms with Crippen LogP contribution in [-0.4, -0.2) is 76.5 Å². The number of benzene rings is 1. The van der Waals surface area contributed by atoms with Gasteiger partial charge in [0.2, 0.25) is 5.89 Å². The topological polar surface area (TPSA) is 73.1 Å². The van der Waals surface area contributed by atoms with Crippen LogP contribution >= 0.6 is 0 Å². The summed E-state index contributed by atoms with van der Waals surface area (Å²) in [5.74, 6) is 0.539. The quantitative estimate of drug-likeness (QED) is 0.645. The molecule has 1 aliphatic rings. The van der Waals surface area contributed by atoms with Crippen molar-refractivity contribution < 1.29 is 14.3 Å². The molecule has 1 fully saturated rings. The molecular formula is C23H34N4O3. The Kier molecular flexibility index (Phi) is 8.42. The maximum absolute atomic E-state index is 12.7. The van der Waals surface area contributed by atoms with Gasteiger partial charge in [-0.05, 0) is 18.4 Å². The van der Waals surface area contributed by atoms with E-state index in [4.69, 9.17) is 4.42 Å². The molecule has 2 aromatic rings. The van der Waals surface area contributed by atoms with Gasteiger partial charge in [-0.3, -0.25) is 14.6 Å². The zero-order valence-corrected chi connectivity index (χ0v) is 18.2. The highest BCUT2D eigenvalue weighted by Crippen LogP contribution is 2.16. The summed E-state index contributed by atoms with van der Waals surface area (Å²) in [6, 6.07) is 9.79. The van der Waals surface area contributed by atoms with Gasteiger partial charge in [-0.2, -0.15) is 0 Å². The molecule has 3 rings (SSSR count). The Bertz CT molecular complexity index is 766. The Morgan fingerprint density at radius 2 is 1.73 bits per heavy atom. The van der Waals surface area contributed by atoms with Gasteiger partial charge in [0.05, 0.1) is 12.6 Å². The number of piperazine rings is 1. The third kappa shape index (κ3) is 6.14. The van der Waals surface area contributed by atoms with Gasteiger partial charge >= 0.3 is 0 Å². The van der Waals surface area contributed by atoms with Gasteiger partial charge in [0, 0.05) is 45.8 Å². The first-order chi connectivity index (χ1) is 14.6. The van der Waals surface area contributed by atoms with Crippen LogP contribution in [0.3, 0.4) is 0 Å². The highest BCUT2D eigenvalue weighted by atomic mass is 16.3. The first-order valence-corrected chi connectivity index (χ1v) is 11.0. The van der Waals surface area contributed by atoms with Crippen LogP contribution in [0.25, 0.3) is 0 Å². The molecule has 2 heterocycles. The number of rotatable bonds is 10. The molecule has 1 aromatic carbocycles. The van der Waals surface area contributed by atoms with Gasteiger partial charge in [-0.1, -0.05) is 44.2 Å². The largest absolute Gasteiger partial charge is 0.447 e. The molecular weight excluding hydrogens is 380 g/mol. The lowest BCUT2D eigenvalue weighted by Gasteiger charge is -2.35. The molecule has 0 spiro atoms. The maximum Gasteiger partial charge on any atom is 0.275 e. The molecule has 1 amide bonds. The molecule has 1 unspecified atom stereocenters. The van der Waals surface area contributed by atoms with Crippen LogP contribution in [0, 0.1) is 0 Å². The summed E-state index contributed by atoms with van der Waals surface area (Å²) in [4.78, 5) is 23.5. The van der Waals surface area contributed by atoms with E-state index in [0.29, 0.717) is 24.7 Å². The molecule has 7 nitrogen and oxygen atoms in total. The van der Waals surface area contributed by atoms with Crippen LogP contribution in [0.2, 0.25) is 0 Å². The van der Waals surface area contributed by atoms with E-state index in [9.17, 15) is 9.90 Å². The molecule has 164 valence electrons. The van der Waals surface area contributed by atoms with E-state index in [-0.39, 0.29) is 5.91 Å². The number of β-amino-alcohol motifs (C(OH)–C–C–N with tert-alkyl or cyclic N) is 1. The molecule has 7 heteroatoms. The standard InChI is InChI=1S/C23H34N4O3/c1-3-10-27(11-4-2)23(29)20-18-30-22(24-20)17-26-14-12-25(13-15-26)16-21(28)19-8-6-5-7-9-19/h5-9,18,21,28H,3-4,10-17H2,1-2H3. The van der Waals surface area contributed by atoms with Crippen molar-refractivity contribution >= 4 is 5.91 Å². The summed E-state index contributed by atoms with van der Waals surface area (Å²) in [5, 5.41) is 10.4. The van der Waals surface area contributed by atoms with Crippen LogP contribution in [0.1, 0.15) is 54.7 Å². The number of nitrogens with zero attached hydrogens (tertiary/aromatic N) is 4. The van der Waals surface area contributed by atoms with E-state index in [1.54, 1.807) is 0 Å². The number of carbonyl (C=O) groups excluding carboxylic acids is 1. The van der Waals surface area contributed by atoms with Crippen molar-refractivity contribution in [2.24, 2.45) is 0 Å². The number of carbonyl (C=O) groups is 1. The van der Waals surface area contributed by atoms with Crippen molar-refractivity contribution in [2.45, 2.75) is 39.3 Å². The zero-order valence-electron chi connectivity index (χ0n) is 18.2. The van der Waals surface area contributed by atoms with Crippen molar-refractivity contribution in [3.63, 3.8) is 0 Å². The summed E-state index contributed by atoms with van der Waals surface area (Å²) in [5.41, 5.74) is 1.36. The summed E-state index contributed by atoms with van der Waals surface area (Å²) < 4.78 is 5.59. The van der Waals surface area contributed by atoms with Crippen molar-refractivity contribution in [2.75, 3.05) is 45.8 Å². The maximum atomic E-state index is 12.7. The molecule has 1 aromatic heterocycles. The van der Waals surface area contributed by atoms with Crippen molar-refractivity contribution in [1.82, 2.24) is 19.7 Å². The first kappa shape index (κ1) is 22.5. The highest BCUT2D eigenvalue weighted by Gasteiger charge is 2.23. The van der Waals surface area contributed by atoms with Crippen molar-refractivity contribution in [3.8, 4) is 0 Å². The van der Waals surface area contributed by atoms with Gasteiger partial charge in [0.1, 0.15) is 6.26 Å². The Labute approximate surface area is 179 Å². The fraction of sp³-hybridized carbons (Fsp3) is 0.565. The van der Waals surface area contributed by atoms with E-state index < -0.39 is 6.10 Å². The fourth-order valence-electron chi connectivity index (χ4n) is 3.84. The van der Waals surface area contributed by atoms with E-state index in [0.717, 1.165) is 57.7 Å². The predicted octanol–water partition coefficient (Wildman–Crippen LogP) is 2.79. The Morgan fingerprint density at radius 1 is 1.10 bits per heavy atom. The number of amides is 1. The average Bonchev–Trinajstić information content (AvgIpc) is 3.23. The lowest BCUT2D eigenvalue weighted by Crippen LogP contribution is -2.47. The third-order valence-corrected chi connectivity index (χ3v) is 5.48. The van der Waals surface area contributed by atoms with Crippen molar-refractivity contribution in [3.05, 3.63) is 53.7 Å². The van der Waals surface area contributed by atoms with Crippen LogP contribution in [-0.2, 0) is 6.54 Å². The summed E-state index contributed by atoms with van der Waals surface area (Å²) >= 11 is 0. The lowest BCUT2D eigenvalue weighted by molar-refractivity contribution is 0.0671. The van der Waals surface area contributed by atoms with Crippen molar-refractivity contribution in [1.29, 1.82) is 0 Å². The normalized spacial score (nSPS) is 16.5. The number of hydrogen-bond donors (Lipinski definition) is 1. The predicted molar refractivity (Wildman–Crippen MR) is 116 cm³/mol. The van der Waals surface area contributed by atoms with Gasteiger partial charge in [0.25, 0.3) is 5.91 Å². The summed E-state index contributed by atoms with van der Waals surface area (Å²) in [6.07, 6.45) is 2.88. The van der Waals surface area contributed by atoms with Gasteiger partial charge in [-0.25, -0.2) is 4.98 Å². The zero-order chi connectivity index (χ0) is 21.3. The Hall–Kier alpha value is -2.22.